The molecule has 0 radical (unpaired) electrons. The van der Waals surface area contributed by atoms with E-state index in [2.05, 4.69) is 4.74 Å². The summed E-state index contributed by atoms with van der Waals surface area (Å²) in [4.78, 5) is 26.3. The van der Waals surface area contributed by atoms with Crippen molar-refractivity contribution in [1.29, 1.82) is 0 Å². The first kappa shape index (κ1) is 13.7. The first-order valence-electron chi connectivity index (χ1n) is 5.94. The highest BCUT2D eigenvalue weighted by molar-refractivity contribution is 7.14. The highest BCUT2D eigenvalue weighted by Gasteiger charge is 2.37. The minimum atomic E-state index is -0.438. The van der Waals surface area contributed by atoms with Crippen molar-refractivity contribution in [3.05, 3.63) is 15.3 Å². The molecule has 0 saturated heterocycles. The van der Waals surface area contributed by atoms with Crippen LogP contribution in [0.2, 0.25) is 0 Å². The van der Waals surface area contributed by atoms with Crippen molar-refractivity contribution in [2.24, 2.45) is 0 Å². The van der Waals surface area contributed by atoms with Gasteiger partial charge >= 0.3 is 12.1 Å². The fourth-order valence-corrected chi connectivity index (χ4v) is 3.43. The first-order valence-corrected chi connectivity index (χ1v) is 6.75. The maximum atomic E-state index is 11.8. The van der Waals surface area contributed by atoms with E-state index in [1.807, 2.05) is 6.92 Å². The summed E-state index contributed by atoms with van der Waals surface area (Å²) < 4.78 is 9.68. The molecule has 0 aliphatic carbocycles. The van der Waals surface area contributed by atoms with Crippen molar-refractivity contribution in [3.8, 4) is 0 Å². The van der Waals surface area contributed by atoms with Crippen molar-refractivity contribution in [3.63, 3.8) is 0 Å². The zero-order valence-electron chi connectivity index (χ0n) is 11.1. The molecule has 1 unspecified atom stereocenters. The number of nitrogen functional groups attached to an aromatic ring is 1. The molecule has 1 aromatic rings. The minimum Gasteiger partial charge on any atom is -0.465 e. The van der Waals surface area contributed by atoms with Gasteiger partial charge in [-0.3, -0.25) is 4.90 Å². The number of amides is 1. The Bertz CT molecular complexity index is 526. The summed E-state index contributed by atoms with van der Waals surface area (Å²) in [6, 6.07) is -0.191. The molecule has 1 atom stereocenters. The number of thiophene rings is 1. The average Bonchev–Trinajstić information content (AvgIpc) is 2.87. The third kappa shape index (κ3) is 2.14. The van der Waals surface area contributed by atoms with Gasteiger partial charge < -0.3 is 15.2 Å². The summed E-state index contributed by atoms with van der Waals surface area (Å²) in [5, 5.41) is 0. The van der Waals surface area contributed by atoms with Gasteiger partial charge in [0, 0.05) is 10.4 Å². The molecule has 2 N–H and O–H groups in total. The standard InChI is InChI=1S/C12H16N2O4S/c1-4-18-12(16)14-5-7-8(6(14)2)9(13)10(19-7)11(15)17-3/h6H,4-5,13H2,1-3H3. The minimum absolute atomic E-state index is 0.191. The molecule has 6 nitrogen and oxygen atoms in total. The summed E-state index contributed by atoms with van der Waals surface area (Å²) in [6.07, 6.45) is -0.364. The average molecular weight is 284 g/mol. The normalized spacial score (nSPS) is 17.2. The molecule has 0 fully saturated rings. The lowest BCUT2D eigenvalue weighted by Crippen LogP contribution is -2.29. The highest BCUT2D eigenvalue weighted by Crippen LogP contribution is 2.44. The van der Waals surface area contributed by atoms with Crippen molar-refractivity contribution in [2.75, 3.05) is 19.5 Å². The smallest absolute Gasteiger partial charge is 0.410 e. The Labute approximate surface area is 115 Å². The lowest BCUT2D eigenvalue weighted by Gasteiger charge is -2.21. The van der Waals surface area contributed by atoms with Gasteiger partial charge in [-0.2, -0.15) is 0 Å². The number of hydrogen-bond acceptors (Lipinski definition) is 6. The maximum Gasteiger partial charge on any atom is 0.410 e. The summed E-state index contributed by atoms with van der Waals surface area (Å²) in [5.74, 6) is -0.438. The van der Waals surface area contributed by atoms with Gasteiger partial charge in [0.1, 0.15) is 4.88 Å². The third-order valence-electron chi connectivity index (χ3n) is 3.13. The molecular formula is C12H16N2O4S. The number of nitrogens with two attached hydrogens (primary N) is 1. The van der Waals surface area contributed by atoms with Crippen LogP contribution in [0, 0.1) is 0 Å². The number of hydrogen-bond donors (Lipinski definition) is 1. The van der Waals surface area contributed by atoms with Crippen molar-refractivity contribution < 1.29 is 19.1 Å². The fourth-order valence-electron chi connectivity index (χ4n) is 2.20. The van der Waals surface area contributed by atoms with E-state index < -0.39 is 5.97 Å². The van der Waals surface area contributed by atoms with E-state index in [0.29, 0.717) is 23.7 Å². The molecule has 0 aromatic carbocycles. The van der Waals surface area contributed by atoms with E-state index in [1.165, 1.54) is 18.4 Å². The first-order chi connectivity index (χ1) is 9.01. The maximum absolute atomic E-state index is 11.8. The van der Waals surface area contributed by atoms with Crippen LogP contribution in [-0.4, -0.2) is 30.7 Å². The van der Waals surface area contributed by atoms with Gasteiger partial charge in [0.05, 0.1) is 32.0 Å². The second-order valence-corrected chi connectivity index (χ2v) is 5.28. The molecule has 104 valence electrons. The summed E-state index contributed by atoms with van der Waals surface area (Å²) in [5.41, 5.74) is 7.23. The van der Waals surface area contributed by atoms with Gasteiger partial charge in [-0.1, -0.05) is 0 Å². The number of carbonyl (C=O) groups is 2. The molecule has 2 heterocycles. The highest BCUT2D eigenvalue weighted by atomic mass is 32.1. The summed E-state index contributed by atoms with van der Waals surface area (Å²) in [6.45, 7) is 4.38. The van der Waals surface area contributed by atoms with Gasteiger partial charge in [0.15, 0.2) is 0 Å². The number of fused-ring (bicyclic) bond motifs is 1. The molecule has 1 aromatic heterocycles. The van der Waals surface area contributed by atoms with Crippen LogP contribution in [0.25, 0.3) is 0 Å². The molecule has 0 saturated carbocycles. The SMILES string of the molecule is CCOC(=O)N1Cc2sc(C(=O)OC)c(N)c2C1C. The Kier molecular flexibility index (Phi) is 3.66. The third-order valence-corrected chi connectivity index (χ3v) is 4.32. The zero-order chi connectivity index (χ0) is 14.2. The number of nitrogens with zero attached hydrogens (tertiary/aromatic N) is 1. The number of carbonyl (C=O) groups excluding carboxylic acids is 2. The number of esters is 1. The fraction of sp³-hybridized carbons (Fsp3) is 0.500. The number of rotatable bonds is 2. The molecule has 7 heteroatoms. The Morgan fingerprint density at radius 2 is 2.21 bits per heavy atom. The summed E-state index contributed by atoms with van der Waals surface area (Å²) >= 11 is 1.28. The summed E-state index contributed by atoms with van der Waals surface area (Å²) in [7, 11) is 1.32. The van der Waals surface area contributed by atoms with Crippen LogP contribution < -0.4 is 5.73 Å². The molecule has 1 aliphatic heterocycles. The van der Waals surface area contributed by atoms with Crippen LogP contribution in [0.5, 0.6) is 0 Å². The quantitative estimate of drug-likeness (QED) is 0.841. The van der Waals surface area contributed by atoms with Gasteiger partial charge in [-0.05, 0) is 13.8 Å². The predicted octanol–water partition coefficient (Wildman–Crippen LogP) is 2.15. The second-order valence-electron chi connectivity index (χ2n) is 4.18. The monoisotopic (exact) mass is 284 g/mol. The molecule has 1 amide bonds. The van der Waals surface area contributed by atoms with E-state index in [0.717, 1.165) is 10.4 Å². The lowest BCUT2D eigenvalue weighted by molar-refractivity contribution is 0.0607. The number of methoxy groups -OCH3 is 1. The van der Waals surface area contributed by atoms with E-state index >= 15 is 0 Å². The van der Waals surface area contributed by atoms with Crippen LogP contribution in [-0.2, 0) is 16.0 Å². The largest absolute Gasteiger partial charge is 0.465 e. The molecule has 2 rings (SSSR count). The topological polar surface area (TPSA) is 81.9 Å². The van der Waals surface area contributed by atoms with E-state index in [9.17, 15) is 9.59 Å². The number of anilines is 1. The molecule has 0 bridgehead atoms. The van der Waals surface area contributed by atoms with Crippen LogP contribution >= 0.6 is 11.3 Å². The molecule has 0 spiro atoms. The van der Waals surface area contributed by atoms with Gasteiger partial charge in [0.25, 0.3) is 0 Å². The Hall–Kier alpha value is -1.76. The predicted molar refractivity (Wildman–Crippen MR) is 71.1 cm³/mol. The van der Waals surface area contributed by atoms with E-state index in [4.69, 9.17) is 10.5 Å². The van der Waals surface area contributed by atoms with E-state index in [-0.39, 0.29) is 12.1 Å². The molecule has 19 heavy (non-hydrogen) atoms. The van der Waals surface area contributed by atoms with Gasteiger partial charge in [-0.25, -0.2) is 9.59 Å². The van der Waals surface area contributed by atoms with Gasteiger partial charge in [-0.15, -0.1) is 11.3 Å². The van der Waals surface area contributed by atoms with Crippen LogP contribution in [0.15, 0.2) is 0 Å². The second kappa shape index (κ2) is 5.08. The van der Waals surface area contributed by atoms with Crippen LogP contribution in [0.3, 0.4) is 0 Å². The molecular weight excluding hydrogens is 268 g/mol. The van der Waals surface area contributed by atoms with Gasteiger partial charge in [0.2, 0.25) is 0 Å². The van der Waals surface area contributed by atoms with Crippen molar-refractivity contribution in [1.82, 2.24) is 4.90 Å². The lowest BCUT2D eigenvalue weighted by atomic mass is 10.1. The van der Waals surface area contributed by atoms with Crippen LogP contribution in [0.1, 0.15) is 40.0 Å². The van der Waals surface area contributed by atoms with Crippen molar-refractivity contribution >= 4 is 29.1 Å². The van der Waals surface area contributed by atoms with Crippen LogP contribution in [0.4, 0.5) is 10.5 Å². The Balaban J connectivity index is 2.29. The number of ether oxygens (including phenoxy) is 2. The Morgan fingerprint density at radius 1 is 1.53 bits per heavy atom. The molecule has 1 aliphatic rings. The Morgan fingerprint density at radius 3 is 2.74 bits per heavy atom. The van der Waals surface area contributed by atoms with Crippen molar-refractivity contribution in [2.45, 2.75) is 26.4 Å². The van der Waals surface area contributed by atoms with E-state index in [1.54, 1.807) is 11.8 Å². The zero-order valence-corrected chi connectivity index (χ0v) is 11.9.